The Morgan fingerprint density at radius 1 is 1.10 bits per heavy atom. The van der Waals surface area contributed by atoms with Gasteiger partial charge in [0.1, 0.15) is 0 Å². The minimum Gasteiger partial charge on any atom is -0.324 e. The molecule has 2 bridgehead atoms. The molecule has 1 aromatic heterocycles. The summed E-state index contributed by atoms with van der Waals surface area (Å²) in [6.45, 7) is 2.04. The summed E-state index contributed by atoms with van der Waals surface area (Å²) in [5, 5.41) is 1.22. The Labute approximate surface area is 125 Å². The molecule has 2 aromatic rings. The number of hydrogen-bond acceptors (Lipinski definition) is 2. The van der Waals surface area contributed by atoms with E-state index in [9.17, 15) is 0 Å². The van der Waals surface area contributed by atoms with Crippen molar-refractivity contribution in [2.75, 3.05) is 0 Å². The molecule has 0 aliphatic heterocycles. The quantitative estimate of drug-likeness (QED) is 0.906. The zero-order chi connectivity index (χ0) is 14.1. The Balaban J connectivity index is 1.46. The molecular weight excluding hydrogens is 256 g/mol. The molecule has 3 fully saturated rings. The van der Waals surface area contributed by atoms with E-state index >= 15 is 0 Å². The number of rotatable bonds is 2. The first-order valence-electron chi connectivity index (χ1n) is 8.35. The van der Waals surface area contributed by atoms with Gasteiger partial charge in [0.05, 0.1) is 5.52 Å². The van der Waals surface area contributed by atoms with Crippen LogP contribution in [0.4, 0.5) is 0 Å². The van der Waals surface area contributed by atoms with Gasteiger partial charge in [0, 0.05) is 17.1 Å². The summed E-state index contributed by atoms with van der Waals surface area (Å²) in [4.78, 5) is 4.59. The lowest BCUT2D eigenvalue weighted by Crippen LogP contribution is -2.17. The molecule has 5 unspecified atom stereocenters. The van der Waals surface area contributed by atoms with E-state index in [-0.39, 0.29) is 6.04 Å². The molecule has 3 saturated carbocycles. The van der Waals surface area contributed by atoms with Crippen LogP contribution in [0.3, 0.4) is 0 Å². The number of benzene rings is 1. The number of pyridine rings is 1. The van der Waals surface area contributed by atoms with Gasteiger partial charge in [-0.3, -0.25) is 4.98 Å². The molecule has 0 amide bonds. The second kappa shape index (κ2) is 4.07. The van der Waals surface area contributed by atoms with Crippen molar-refractivity contribution in [3.05, 3.63) is 41.6 Å². The molecule has 21 heavy (non-hydrogen) atoms. The van der Waals surface area contributed by atoms with Gasteiger partial charge < -0.3 is 5.73 Å². The third-order valence-electron chi connectivity index (χ3n) is 6.45. The lowest BCUT2D eigenvalue weighted by atomic mass is 9.93. The van der Waals surface area contributed by atoms with Crippen LogP contribution in [0.1, 0.15) is 36.6 Å². The maximum atomic E-state index is 6.64. The molecule has 2 heteroatoms. The van der Waals surface area contributed by atoms with Crippen molar-refractivity contribution in [1.29, 1.82) is 0 Å². The van der Waals surface area contributed by atoms with Crippen molar-refractivity contribution >= 4 is 10.9 Å². The molecule has 1 heterocycles. The summed E-state index contributed by atoms with van der Waals surface area (Å²) < 4.78 is 0. The first kappa shape index (κ1) is 12.2. The van der Waals surface area contributed by atoms with Gasteiger partial charge in [0.2, 0.25) is 0 Å². The molecule has 0 radical (unpaired) electrons. The van der Waals surface area contributed by atoms with Crippen molar-refractivity contribution in [3.8, 4) is 0 Å². The number of aryl methyl sites for hydroxylation is 1. The fourth-order valence-electron chi connectivity index (χ4n) is 5.55. The van der Waals surface area contributed by atoms with Crippen LogP contribution in [0.5, 0.6) is 0 Å². The van der Waals surface area contributed by atoms with Crippen LogP contribution < -0.4 is 5.73 Å². The molecule has 108 valence electrons. The van der Waals surface area contributed by atoms with E-state index in [0.29, 0.717) is 0 Å². The maximum Gasteiger partial charge on any atom is 0.0705 e. The third kappa shape index (κ3) is 1.66. The second-order valence-electron chi connectivity index (χ2n) is 7.50. The largest absolute Gasteiger partial charge is 0.324 e. The molecule has 0 saturated heterocycles. The Kier molecular flexibility index (Phi) is 2.36. The van der Waals surface area contributed by atoms with Crippen LogP contribution in [0.2, 0.25) is 0 Å². The Morgan fingerprint density at radius 2 is 1.86 bits per heavy atom. The van der Waals surface area contributed by atoms with Gasteiger partial charge in [-0.05, 0) is 79.5 Å². The van der Waals surface area contributed by atoms with Crippen LogP contribution in [0.25, 0.3) is 10.9 Å². The number of nitrogens with zero attached hydrogens (tertiary/aromatic N) is 1. The number of hydrogen-bond donors (Lipinski definition) is 1. The minimum atomic E-state index is 0.231. The lowest BCUT2D eigenvalue weighted by Gasteiger charge is -2.17. The van der Waals surface area contributed by atoms with Gasteiger partial charge in [-0.25, -0.2) is 0 Å². The van der Waals surface area contributed by atoms with E-state index in [0.717, 1.165) is 40.8 Å². The Hall–Kier alpha value is -1.41. The molecular formula is C19H22N2. The first-order chi connectivity index (χ1) is 10.2. The van der Waals surface area contributed by atoms with Gasteiger partial charge in [0.25, 0.3) is 0 Å². The topological polar surface area (TPSA) is 38.9 Å². The summed E-state index contributed by atoms with van der Waals surface area (Å²) in [5.74, 6) is 4.66. The van der Waals surface area contributed by atoms with Crippen LogP contribution in [0.15, 0.2) is 30.3 Å². The highest BCUT2D eigenvalue weighted by Gasteiger charge is 2.66. The standard InChI is InChI=1S/C19H22N2/c1-10-2-3-11-8-14(6-7-15(11)21-10)19(20)18-16-12-4-5-13(9-12)17(16)18/h2-3,6-8,12-13,16-19H,4-5,9,20H2,1H3. The fourth-order valence-corrected chi connectivity index (χ4v) is 5.55. The predicted octanol–water partition coefficient (Wildman–Crippen LogP) is 3.84. The molecule has 1 aromatic carbocycles. The number of aromatic nitrogens is 1. The second-order valence-corrected chi connectivity index (χ2v) is 7.50. The van der Waals surface area contributed by atoms with Gasteiger partial charge in [-0.1, -0.05) is 12.1 Å². The summed E-state index contributed by atoms with van der Waals surface area (Å²) in [7, 11) is 0. The molecule has 5 atom stereocenters. The van der Waals surface area contributed by atoms with Gasteiger partial charge in [0.15, 0.2) is 0 Å². The zero-order valence-corrected chi connectivity index (χ0v) is 12.5. The first-order valence-corrected chi connectivity index (χ1v) is 8.35. The monoisotopic (exact) mass is 278 g/mol. The molecule has 3 aliphatic carbocycles. The summed E-state index contributed by atoms with van der Waals surface area (Å²) >= 11 is 0. The zero-order valence-electron chi connectivity index (χ0n) is 12.5. The molecule has 3 aliphatic rings. The van der Waals surface area contributed by atoms with Crippen LogP contribution >= 0.6 is 0 Å². The molecule has 0 spiro atoms. The van der Waals surface area contributed by atoms with Gasteiger partial charge >= 0.3 is 0 Å². The minimum absolute atomic E-state index is 0.231. The van der Waals surface area contributed by atoms with Crippen molar-refractivity contribution in [2.24, 2.45) is 35.3 Å². The Morgan fingerprint density at radius 3 is 2.62 bits per heavy atom. The van der Waals surface area contributed by atoms with E-state index in [4.69, 9.17) is 5.73 Å². The van der Waals surface area contributed by atoms with Crippen molar-refractivity contribution in [2.45, 2.75) is 32.2 Å². The van der Waals surface area contributed by atoms with Crippen molar-refractivity contribution in [3.63, 3.8) is 0 Å². The number of nitrogens with two attached hydrogens (primary N) is 1. The summed E-state index contributed by atoms with van der Waals surface area (Å²) in [6, 6.07) is 11.1. The van der Waals surface area contributed by atoms with E-state index in [2.05, 4.69) is 35.3 Å². The SMILES string of the molecule is Cc1ccc2cc(C(N)C3C4C5CCC(C5)C43)ccc2n1. The predicted molar refractivity (Wildman–Crippen MR) is 84.7 cm³/mol. The van der Waals surface area contributed by atoms with E-state index in [1.165, 1.54) is 30.2 Å². The molecule has 2 nitrogen and oxygen atoms in total. The Bertz CT molecular complexity index is 707. The smallest absolute Gasteiger partial charge is 0.0705 e. The number of fused-ring (bicyclic) bond motifs is 6. The van der Waals surface area contributed by atoms with E-state index in [1.54, 1.807) is 0 Å². The summed E-state index contributed by atoms with van der Waals surface area (Å²) in [5.41, 5.74) is 10.1. The van der Waals surface area contributed by atoms with Crippen LogP contribution in [-0.4, -0.2) is 4.98 Å². The lowest BCUT2D eigenvalue weighted by molar-refractivity contribution is 0.418. The van der Waals surface area contributed by atoms with Crippen LogP contribution in [0, 0.1) is 36.5 Å². The highest BCUT2D eigenvalue weighted by molar-refractivity contribution is 5.79. The summed E-state index contributed by atoms with van der Waals surface area (Å²) in [6.07, 6.45) is 4.44. The van der Waals surface area contributed by atoms with Crippen molar-refractivity contribution < 1.29 is 0 Å². The third-order valence-corrected chi connectivity index (χ3v) is 6.45. The maximum absolute atomic E-state index is 6.64. The normalized spacial score (nSPS) is 37.7. The fraction of sp³-hybridized carbons (Fsp3) is 0.526. The highest BCUT2D eigenvalue weighted by Crippen LogP contribution is 2.71. The van der Waals surface area contributed by atoms with Gasteiger partial charge in [-0.2, -0.15) is 0 Å². The average Bonchev–Trinajstić information content (AvgIpc) is 2.93. The van der Waals surface area contributed by atoms with Gasteiger partial charge in [-0.15, -0.1) is 0 Å². The van der Waals surface area contributed by atoms with Crippen LogP contribution in [-0.2, 0) is 0 Å². The van der Waals surface area contributed by atoms with E-state index < -0.39 is 0 Å². The van der Waals surface area contributed by atoms with Crippen molar-refractivity contribution in [1.82, 2.24) is 4.98 Å². The average molecular weight is 278 g/mol. The molecule has 2 N–H and O–H groups in total. The van der Waals surface area contributed by atoms with E-state index in [1.807, 2.05) is 6.92 Å². The molecule has 5 rings (SSSR count). The highest BCUT2D eigenvalue weighted by atomic mass is 14.8.